The third-order valence-electron chi connectivity index (χ3n) is 6.93. The van der Waals surface area contributed by atoms with E-state index in [4.69, 9.17) is 22.9 Å². The topological polar surface area (TPSA) is 128 Å². The second-order valence-corrected chi connectivity index (χ2v) is 11.0. The number of rotatable bonds is 11. The Balaban J connectivity index is 1.40. The number of nitrogens with zero attached hydrogens (tertiary/aromatic N) is 1. The third-order valence-corrected chi connectivity index (χ3v) is 8.08. The van der Waals surface area contributed by atoms with Gasteiger partial charge in [0, 0.05) is 26.7 Å². The van der Waals surface area contributed by atoms with Crippen LogP contribution < -0.4 is 28.3 Å². The van der Waals surface area contributed by atoms with Crippen molar-refractivity contribution in [3.8, 4) is 22.3 Å². The van der Waals surface area contributed by atoms with Crippen molar-refractivity contribution in [1.29, 1.82) is 0 Å². The quantitative estimate of drug-likeness (QED) is 0.0676. The molecule has 5 rings (SSSR count). The average Bonchev–Trinajstić information content (AvgIpc) is 3.31. The minimum atomic E-state index is -0.463. The SMILES string of the molecule is NC(N)=NCCCc1cccc(-c2ccc3sc4ccc(-c5cccc(CCCNC(N)N)c5)cc4c3c2)c1. The zero-order chi connectivity index (χ0) is 27.2. The van der Waals surface area contributed by atoms with Crippen LogP contribution >= 0.6 is 11.3 Å². The molecule has 1 heterocycles. The maximum absolute atomic E-state index is 5.58. The van der Waals surface area contributed by atoms with Gasteiger partial charge in [-0.3, -0.25) is 10.3 Å². The predicted molar refractivity (Wildman–Crippen MR) is 168 cm³/mol. The van der Waals surface area contributed by atoms with Gasteiger partial charge >= 0.3 is 0 Å². The smallest absolute Gasteiger partial charge is 0.185 e. The number of fused-ring (bicyclic) bond motifs is 3. The first-order valence-corrected chi connectivity index (χ1v) is 14.2. The molecular weight excluding hydrogens is 500 g/mol. The first-order chi connectivity index (χ1) is 19.0. The highest BCUT2D eigenvalue weighted by Gasteiger charge is 2.10. The zero-order valence-corrected chi connectivity index (χ0v) is 22.9. The maximum Gasteiger partial charge on any atom is 0.185 e. The fourth-order valence-corrected chi connectivity index (χ4v) is 6.07. The Morgan fingerprint density at radius 2 is 1.23 bits per heavy atom. The van der Waals surface area contributed by atoms with E-state index in [0.717, 1.165) is 32.2 Å². The van der Waals surface area contributed by atoms with Gasteiger partial charge in [-0.25, -0.2) is 0 Å². The molecule has 0 amide bonds. The summed E-state index contributed by atoms with van der Waals surface area (Å²) in [5.41, 5.74) is 29.6. The lowest BCUT2D eigenvalue weighted by Crippen LogP contribution is -2.45. The van der Waals surface area contributed by atoms with Crippen LogP contribution in [0.2, 0.25) is 0 Å². The lowest BCUT2D eigenvalue weighted by Gasteiger charge is -2.09. The Morgan fingerprint density at radius 3 is 1.77 bits per heavy atom. The van der Waals surface area contributed by atoms with Gasteiger partial charge in [0.05, 0.1) is 0 Å². The number of nitrogens with one attached hydrogen (secondary N) is 1. The molecule has 7 heteroatoms. The summed E-state index contributed by atoms with van der Waals surface area (Å²) < 4.78 is 2.61. The second kappa shape index (κ2) is 12.4. The molecule has 1 aromatic heterocycles. The van der Waals surface area contributed by atoms with E-state index < -0.39 is 6.29 Å². The van der Waals surface area contributed by atoms with Gasteiger partial charge < -0.3 is 22.9 Å². The van der Waals surface area contributed by atoms with Crippen molar-refractivity contribution >= 4 is 37.5 Å². The summed E-state index contributed by atoms with van der Waals surface area (Å²) in [5, 5.41) is 5.67. The van der Waals surface area contributed by atoms with Gasteiger partial charge in [0.15, 0.2) is 5.96 Å². The molecule has 0 atom stereocenters. The molecule has 0 saturated heterocycles. The Bertz CT molecular complexity index is 1600. The fraction of sp³-hybridized carbons (Fsp3) is 0.219. The Morgan fingerprint density at radius 1 is 0.692 bits per heavy atom. The molecule has 6 nitrogen and oxygen atoms in total. The van der Waals surface area contributed by atoms with E-state index in [2.05, 4.69) is 95.2 Å². The number of benzene rings is 4. The number of thiophene rings is 1. The van der Waals surface area contributed by atoms with Gasteiger partial charge in [0.1, 0.15) is 6.29 Å². The first-order valence-electron chi connectivity index (χ1n) is 13.4. The van der Waals surface area contributed by atoms with E-state index in [1.54, 1.807) is 0 Å². The van der Waals surface area contributed by atoms with Crippen LogP contribution in [0, 0.1) is 0 Å². The molecule has 4 aromatic carbocycles. The summed E-state index contributed by atoms with van der Waals surface area (Å²) in [5.74, 6) is 0.150. The van der Waals surface area contributed by atoms with Crippen LogP contribution in [0.3, 0.4) is 0 Å². The van der Waals surface area contributed by atoms with E-state index in [0.29, 0.717) is 6.54 Å². The molecule has 0 fully saturated rings. The molecule has 0 bridgehead atoms. The van der Waals surface area contributed by atoms with Crippen molar-refractivity contribution in [1.82, 2.24) is 5.32 Å². The van der Waals surface area contributed by atoms with Crippen LogP contribution in [0.4, 0.5) is 0 Å². The van der Waals surface area contributed by atoms with E-state index in [1.165, 1.54) is 53.6 Å². The Kier molecular flexibility index (Phi) is 8.54. The largest absolute Gasteiger partial charge is 0.370 e. The number of hydrogen-bond donors (Lipinski definition) is 5. The molecule has 0 aliphatic carbocycles. The summed E-state index contributed by atoms with van der Waals surface area (Å²) >= 11 is 1.85. The number of guanidine groups is 1. The van der Waals surface area contributed by atoms with Gasteiger partial charge in [-0.2, -0.15) is 0 Å². The highest BCUT2D eigenvalue weighted by molar-refractivity contribution is 7.25. The molecule has 9 N–H and O–H groups in total. The van der Waals surface area contributed by atoms with Gasteiger partial charge in [-0.05, 0) is 89.9 Å². The lowest BCUT2D eigenvalue weighted by atomic mass is 9.97. The van der Waals surface area contributed by atoms with E-state index >= 15 is 0 Å². The average molecular weight is 537 g/mol. The van der Waals surface area contributed by atoms with E-state index in [-0.39, 0.29) is 5.96 Å². The molecule has 0 aliphatic heterocycles. The van der Waals surface area contributed by atoms with Crippen molar-refractivity contribution in [2.24, 2.45) is 27.9 Å². The minimum absolute atomic E-state index is 0.150. The van der Waals surface area contributed by atoms with Crippen molar-refractivity contribution in [2.75, 3.05) is 13.1 Å². The summed E-state index contributed by atoms with van der Waals surface area (Å²) in [6.45, 7) is 1.45. The van der Waals surface area contributed by atoms with Gasteiger partial charge in [0.25, 0.3) is 0 Å². The molecule has 0 aliphatic rings. The Hall–Kier alpha value is -3.75. The van der Waals surface area contributed by atoms with Crippen molar-refractivity contribution < 1.29 is 0 Å². The highest BCUT2D eigenvalue weighted by atomic mass is 32.1. The maximum atomic E-state index is 5.58. The second-order valence-electron chi connectivity index (χ2n) is 9.92. The molecule has 0 radical (unpaired) electrons. The standard InChI is InChI=1S/C32H36N6S/c33-31(34)37-15-3-7-21-5-1-9-23(17-21)25-11-13-29-27(19-25)28-20-26(12-14-30(28)39-29)24-10-2-6-22(18-24)8-4-16-38-32(35)36/h1-2,5-6,9-14,17-20,31,37H,3-4,7-8,15-16,33-34H2,(H4,35,36,38). The number of aliphatic imine (C=N–C) groups is 1. The van der Waals surface area contributed by atoms with Crippen molar-refractivity contribution in [3.63, 3.8) is 0 Å². The van der Waals surface area contributed by atoms with Gasteiger partial charge in [-0.1, -0.05) is 60.7 Å². The summed E-state index contributed by atoms with van der Waals surface area (Å²) in [4.78, 5) is 4.10. The van der Waals surface area contributed by atoms with Crippen LogP contribution in [0.25, 0.3) is 42.4 Å². The van der Waals surface area contributed by atoms with Crippen molar-refractivity contribution in [2.45, 2.75) is 32.0 Å². The molecule has 0 unspecified atom stereocenters. The monoisotopic (exact) mass is 536 g/mol. The summed E-state index contributed by atoms with van der Waals surface area (Å²) in [6.07, 6.45) is 3.36. The molecule has 0 spiro atoms. The highest BCUT2D eigenvalue weighted by Crippen LogP contribution is 2.38. The third kappa shape index (κ3) is 6.82. The number of nitrogens with two attached hydrogens (primary N) is 4. The van der Waals surface area contributed by atoms with Crippen LogP contribution in [-0.2, 0) is 12.8 Å². The molecular formula is C32H36N6S. The normalized spacial score (nSPS) is 11.5. The predicted octanol–water partition coefficient (Wildman–Crippen LogP) is 5.32. The van der Waals surface area contributed by atoms with Crippen LogP contribution in [0.1, 0.15) is 24.0 Å². The summed E-state index contributed by atoms with van der Waals surface area (Å²) in [7, 11) is 0. The minimum Gasteiger partial charge on any atom is -0.370 e. The zero-order valence-electron chi connectivity index (χ0n) is 22.1. The molecule has 39 heavy (non-hydrogen) atoms. The number of hydrogen-bond acceptors (Lipinski definition) is 5. The molecule has 200 valence electrons. The van der Waals surface area contributed by atoms with Crippen LogP contribution in [0.15, 0.2) is 89.9 Å². The van der Waals surface area contributed by atoms with E-state index in [1.807, 2.05) is 11.3 Å². The van der Waals surface area contributed by atoms with Crippen LogP contribution in [-0.4, -0.2) is 25.3 Å². The van der Waals surface area contributed by atoms with E-state index in [9.17, 15) is 0 Å². The Labute approximate surface area is 233 Å². The number of aryl methyl sites for hydroxylation is 2. The molecule has 0 saturated carbocycles. The first kappa shape index (κ1) is 26.8. The van der Waals surface area contributed by atoms with Gasteiger partial charge in [0.2, 0.25) is 0 Å². The lowest BCUT2D eigenvalue weighted by molar-refractivity contribution is 0.533. The fourth-order valence-electron chi connectivity index (χ4n) is 5.00. The summed E-state index contributed by atoms with van der Waals surface area (Å²) in [6, 6.07) is 31.2. The molecule has 5 aromatic rings. The van der Waals surface area contributed by atoms with Crippen LogP contribution in [0.5, 0.6) is 0 Å². The van der Waals surface area contributed by atoms with Gasteiger partial charge in [-0.15, -0.1) is 11.3 Å². The van der Waals surface area contributed by atoms with Crippen molar-refractivity contribution in [3.05, 3.63) is 96.1 Å².